The van der Waals surface area contributed by atoms with E-state index in [4.69, 9.17) is 14.2 Å². The topological polar surface area (TPSA) is 82.1 Å². The third-order valence-electron chi connectivity index (χ3n) is 4.78. The second kappa shape index (κ2) is 11.9. The van der Waals surface area contributed by atoms with Gasteiger partial charge in [0.1, 0.15) is 0 Å². The Morgan fingerprint density at radius 3 is 2.61 bits per heavy atom. The smallest absolute Gasteiger partial charge is 0.344 e. The van der Waals surface area contributed by atoms with Gasteiger partial charge in [-0.3, -0.25) is 14.5 Å². The number of halogens is 1. The maximum atomic E-state index is 12.8. The van der Waals surface area contributed by atoms with E-state index in [2.05, 4.69) is 15.9 Å². The number of esters is 1. The zero-order valence-corrected chi connectivity index (χ0v) is 20.7. The maximum Gasteiger partial charge on any atom is 0.344 e. The molecule has 0 bridgehead atoms. The summed E-state index contributed by atoms with van der Waals surface area (Å²) in [6.07, 6.45) is 3.13. The fraction of sp³-hybridized carbons (Fsp3) is 0.292. The van der Waals surface area contributed by atoms with E-state index in [1.165, 1.54) is 17.6 Å². The highest BCUT2D eigenvalue weighted by atomic mass is 79.9. The number of carbonyl (C=O) groups is 3. The third-order valence-corrected chi connectivity index (χ3v) is 6.38. The molecule has 0 N–H and O–H groups in total. The first-order valence-electron chi connectivity index (χ1n) is 10.4. The molecule has 0 atom stereocenters. The average Bonchev–Trinajstić information content (AvgIpc) is 3.07. The molecule has 174 valence electrons. The number of amides is 2. The van der Waals surface area contributed by atoms with Crippen molar-refractivity contribution in [1.29, 1.82) is 0 Å². The Kier molecular flexibility index (Phi) is 8.96. The number of ether oxygens (including phenoxy) is 3. The van der Waals surface area contributed by atoms with E-state index in [0.717, 1.165) is 18.2 Å². The minimum absolute atomic E-state index is 0.252. The van der Waals surface area contributed by atoms with Crippen molar-refractivity contribution >= 4 is 50.9 Å². The predicted octanol–water partition coefficient (Wildman–Crippen LogP) is 5.07. The largest absolute Gasteiger partial charge is 0.493 e. The molecule has 7 nitrogen and oxygen atoms in total. The van der Waals surface area contributed by atoms with Crippen molar-refractivity contribution in [2.45, 2.75) is 19.8 Å². The maximum absolute atomic E-state index is 12.8. The summed E-state index contributed by atoms with van der Waals surface area (Å²) < 4.78 is 16.4. The van der Waals surface area contributed by atoms with Crippen LogP contribution in [0.1, 0.15) is 24.5 Å². The SMILES string of the molecule is CCOC(=O)COc1cc(Br)c(/C=C2/SC(=O)N(CCCc3ccccc3)C2=O)cc1OC. The summed E-state index contributed by atoms with van der Waals surface area (Å²) in [5, 5.41) is -0.281. The molecule has 0 aromatic heterocycles. The van der Waals surface area contributed by atoms with Crippen LogP contribution in [0.25, 0.3) is 6.08 Å². The highest BCUT2D eigenvalue weighted by Crippen LogP contribution is 2.38. The lowest BCUT2D eigenvalue weighted by atomic mass is 10.1. The molecule has 0 spiro atoms. The lowest BCUT2D eigenvalue weighted by molar-refractivity contribution is -0.145. The highest BCUT2D eigenvalue weighted by molar-refractivity contribution is 9.10. The average molecular weight is 534 g/mol. The van der Waals surface area contributed by atoms with Crippen LogP contribution in [-0.2, 0) is 20.7 Å². The highest BCUT2D eigenvalue weighted by Gasteiger charge is 2.34. The Bertz CT molecular complexity index is 1060. The molecular formula is C24H24BrNO6S. The molecule has 33 heavy (non-hydrogen) atoms. The van der Waals surface area contributed by atoms with Gasteiger partial charge in [0, 0.05) is 11.0 Å². The van der Waals surface area contributed by atoms with Gasteiger partial charge >= 0.3 is 5.97 Å². The summed E-state index contributed by atoms with van der Waals surface area (Å²) >= 11 is 4.37. The van der Waals surface area contributed by atoms with E-state index < -0.39 is 5.97 Å². The number of benzene rings is 2. The summed E-state index contributed by atoms with van der Waals surface area (Å²) in [5.74, 6) is -0.0633. The number of nitrogens with zero attached hydrogens (tertiary/aromatic N) is 1. The Labute approximate surface area is 205 Å². The first-order valence-corrected chi connectivity index (χ1v) is 12.0. The first-order chi connectivity index (χ1) is 15.9. The Balaban J connectivity index is 1.69. The van der Waals surface area contributed by atoms with E-state index >= 15 is 0 Å². The van der Waals surface area contributed by atoms with Gasteiger partial charge in [-0.05, 0) is 60.9 Å². The summed E-state index contributed by atoms with van der Waals surface area (Å²) in [6, 6.07) is 13.3. The number of hydrogen-bond donors (Lipinski definition) is 0. The van der Waals surface area contributed by atoms with Gasteiger partial charge in [-0.25, -0.2) is 4.79 Å². The van der Waals surface area contributed by atoms with Crippen LogP contribution >= 0.6 is 27.7 Å². The monoisotopic (exact) mass is 533 g/mol. The summed E-state index contributed by atoms with van der Waals surface area (Å²) in [5.41, 5.74) is 1.81. The molecule has 0 aliphatic carbocycles. The van der Waals surface area contributed by atoms with Gasteiger partial charge in [-0.15, -0.1) is 0 Å². The summed E-state index contributed by atoms with van der Waals surface area (Å²) in [4.78, 5) is 38.4. The lowest BCUT2D eigenvalue weighted by Crippen LogP contribution is -2.29. The van der Waals surface area contributed by atoms with Gasteiger partial charge in [-0.1, -0.05) is 46.3 Å². The van der Waals surface area contributed by atoms with Gasteiger partial charge in [0.2, 0.25) is 0 Å². The van der Waals surface area contributed by atoms with Gasteiger partial charge in [-0.2, -0.15) is 0 Å². The zero-order chi connectivity index (χ0) is 23.8. The molecular weight excluding hydrogens is 510 g/mol. The number of imide groups is 1. The van der Waals surface area contributed by atoms with Crippen molar-refractivity contribution in [1.82, 2.24) is 4.90 Å². The van der Waals surface area contributed by atoms with Crippen molar-refractivity contribution in [2.75, 3.05) is 26.9 Å². The van der Waals surface area contributed by atoms with Crippen molar-refractivity contribution < 1.29 is 28.6 Å². The van der Waals surface area contributed by atoms with E-state index in [1.807, 2.05) is 30.3 Å². The molecule has 2 amide bonds. The molecule has 0 saturated carbocycles. The lowest BCUT2D eigenvalue weighted by Gasteiger charge is -2.13. The van der Waals surface area contributed by atoms with Crippen molar-refractivity contribution in [2.24, 2.45) is 0 Å². The normalized spacial score (nSPS) is 14.6. The van der Waals surface area contributed by atoms with Gasteiger partial charge in [0.05, 0.1) is 18.6 Å². The molecule has 0 unspecified atom stereocenters. The number of aryl methyl sites for hydroxylation is 1. The zero-order valence-electron chi connectivity index (χ0n) is 18.3. The molecule has 1 heterocycles. The van der Waals surface area contributed by atoms with Gasteiger partial charge < -0.3 is 14.2 Å². The van der Waals surface area contributed by atoms with Crippen LogP contribution in [0.5, 0.6) is 11.5 Å². The first kappa shape index (κ1) is 24.9. The summed E-state index contributed by atoms with van der Waals surface area (Å²) in [6.45, 7) is 2.10. The van der Waals surface area contributed by atoms with E-state index in [1.54, 1.807) is 25.1 Å². The van der Waals surface area contributed by atoms with Crippen LogP contribution in [-0.4, -0.2) is 48.9 Å². The molecule has 2 aromatic carbocycles. The van der Waals surface area contributed by atoms with E-state index in [0.29, 0.717) is 39.4 Å². The molecule has 1 saturated heterocycles. The van der Waals surface area contributed by atoms with Crippen LogP contribution in [0.2, 0.25) is 0 Å². The van der Waals surface area contributed by atoms with E-state index in [9.17, 15) is 14.4 Å². The van der Waals surface area contributed by atoms with Crippen LogP contribution in [0.15, 0.2) is 51.8 Å². The molecule has 1 aliphatic heterocycles. The predicted molar refractivity (Wildman–Crippen MR) is 130 cm³/mol. The standard InChI is InChI=1S/C24H24BrNO6S/c1-3-31-22(27)15-32-20-14-18(25)17(12-19(20)30-2)13-21-23(28)26(24(29)33-21)11-7-10-16-8-5-4-6-9-16/h4-6,8-9,12-14H,3,7,10-11,15H2,1-2H3/b21-13+. The third kappa shape index (κ3) is 6.61. The van der Waals surface area contributed by atoms with Gasteiger partial charge in [0.25, 0.3) is 11.1 Å². The summed E-state index contributed by atoms with van der Waals surface area (Å²) in [7, 11) is 1.48. The molecule has 9 heteroatoms. The second-order valence-corrected chi connectivity index (χ2v) is 8.89. The number of methoxy groups -OCH3 is 1. The van der Waals surface area contributed by atoms with Gasteiger partial charge in [0.15, 0.2) is 18.1 Å². The minimum Gasteiger partial charge on any atom is -0.493 e. The Morgan fingerprint density at radius 2 is 1.91 bits per heavy atom. The fourth-order valence-electron chi connectivity index (χ4n) is 3.19. The van der Waals surface area contributed by atoms with Crippen LogP contribution in [0.3, 0.4) is 0 Å². The number of carbonyl (C=O) groups excluding carboxylic acids is 3. The van der Waals surface area contributed by atoms with Crippen molar-refractivity contribution in [3.8, 4) is 11.5 Å². The number of rotatable bonds is 10. The molecule has 0 radical (unpaired) electrons. The fourth-order valence-corrected chi connectivity index (χ4v) is 4.49. The Morgan fingerprint density at radius 1 is 1.15 bits per heavy atom. The Hall–Kier alpha value is -2.78. The quantitative estimate of drug-likeness (QED) is 0.311. The molecule has 3 rings (SSSR count). The van der Waals surface area contributed by atoms with Crippen LogP contribution in [0.4, 0.5) is 4.79 Å². The minimum atomic E-state index is -0.485. The molecule has 1 aliphatic rings. The van der Waals surface area contributed by atoms with Crippen LogP contribution < -0.4 is 9.47 Å². The molecule has 2 aromatic rings. The number of hydrogen-bond acceptors (Lipinski definition) is 7. The van der Waals surface area contributed by atoms with Crippen molar-refractivity contribution in [3.05, 3.63) is 63.0 Å². The van der Waals surface area contributed by atoms with Crippen molar-refractivity contribution in [3.63, 3.8) is 0 Å². The second-order valence-electron chi connectivity index (χ2n) is 7.04. The van der Waals surface area contributed by atoms with E-state index in [-0.39, 0.29) is 24.4 Å². The number of thioether (sulfide) groups is 1. The molecule has 1 fully saturated rings. The van der Waals surface area contributed by atoms with Crippen LogP contribution in [0, 0.1) is 0 Å².